The number of ketones is 2. The van der Waals surface area contributed by atoms with Crippen molar-refractivity contribution in [2.75, 3.05) is 0 Å². The molecule has 0 atom stereocenters. The Morgan fingerprint density at radius 2 is 0.750 bits per heavy atom. The van der Waals surface area contributed by atoms with Crippen molar-refractivity contribution < 1.29 is 9.59 Å². The van der Waals surface area contributed by atoms with Gasteiger partial charge in [-0.25, -0.2) is 0 Å². The van der Waals surface area contributed by atoms with Gasteiger partial charge in [0.1, 0.15) is 0 Å². The molecule has 2 aromatic rings. The second kappa shape index (κ2) is 7.85. The van der Waals surface area contributed by atoms with Gasteiger partial charge in [0, 0.05) is 0 Å². The van der Waals surface area contributed by atoms with Crippen molar-refractivity contribution in [3.63, 3.8) is 0 Å². The Morgan fingerprint density at radius 3 is 1.07 bits per heavy atom. The summed E-state index contributed by atoms with van der Waals surface area (Å²) in [5, 5.41) is 0. The molecule has 0 unspecified atom stereocenters. The van der Waals surface area contributed by atoms with Crippen LogP contribution in [0.15, 0.2) is 120 Å². The van der Waals surface area contributed by atoms with Crippen molar-refractivity contribution in [2.45, 2.75) is 0 Å². The molecule has 2 nitrogen and oxygen atoms in total. The summed E-state index contributed by atoms with van der Waals surface area (Å²) in [7, 11) is 0. The third kappa shape index (κ3) is 3.67. The Balaban J connectivity index is 2.04. The van der Waals surface area contributed by atoms with E-state index in [0.717, 1.165) is 33.4 Å². The standard InChI is InChI=1S/C26H18O2/c27-23-15-11-21(12-16-23)25(19-7-3-1-4-8-19)26(20-9-5-2-6-10-20)22-13-17-24(28)18-14-22/h1-18H. The van der Waals surface area contributed by atoms with Gasteiger partial charge in [-0.2, -0.15) is 0 Å². The van der Waals surface area contributed by atoms with Crippen LogP contribution >= 0.6 is 0 Å². The van der Waals surface area contributed by atoms with E-state index >= 15 is 0 Å². The molecular weight excluding hydrogens is 344 g/mol. The van der Waals surface area contributed by atoms with Crippen LogP contribution in [0.3, 0.4) is 0 Å². The Labute approximate surface area is 164 Å². The zero-order chi connectivity index (χ0) is 19.3. The summed E-state index contributed by atoms with van der Waals surface area (Å²) in [6, 6.07) is 20.2. The van der Waals surface area contributed by atoms with E-state index in [9.17, 15) is 9.59 Å². The molecule has 0 heterocycles. The number of benzene rings is 2. The third-order valence-electron chi connectivity index (χ3n) is 4.66. The first-order valence-electron chi connectivity index (χ1n) is 9.12. The van der Waals surface area contributed by atoms with E-state index in [1.165, 1.54) is 0 Å². The van der Waals surface area contributed by atoms with Crippen LogP contribution in [-0.4, -0.2) is 11.6 Å². The minimum absolute atomic E-state index is 0.0202. The SMILES string of the molecule is O=C1C=CC(=C(C(=C2C=CC(=O)C=C2)c2ccccc2)c2ccccc2)C=C1. The number of allylic oxidation sites excluding steroid dienone is 12. The zero-order valence-electron chi connectivity index (χ0n) is 15.2. The maximum atomic E-state index is 11.7. The van der Waals surface area contributed by atoms with E-state index in [0.29, 0.717) is 0 Å². The van der Waals surface area contributed by atoms with Crippen molar-refractivity contribution in [2.24, 2.45) is 0 Å². The molecule has 0 aliphatic heterocycles. The zero-order valence-corrected chi connectivity index (χ0v) is 15.2. The van der Waals surface area contributed by atoms with Gasteiger partial charge < -0.3 is 0 Å². The minimum Gasteiger partial charge on any atom is -0.290 e. The average Bonchev–Trinajstić information content (AvgIpc) is 2.75. The molecule has 0 amide bonds. The van der Waals surface area contributed by atoms with Gasteiger partial charge in [0.05, 0.1) is 0 Å². The quantitative estimate of drug-likeness (QED) is 0.744. The monoisotopic (exact) mass is 362 g/mol. The van der Waals surface area contributed by atoms with Crippen LogP contribution in [0.1, 0.15) is 11.1 Å². The molecule has 2 aliphatic carbocycles. The summed E-state index contributed by atoms with van der Waals surface area (Å²) < 4.78 is 0. The summed E-state index contributed by atoms with van der Waals surface area (Å²) in [4.78, 5) is 23.4. The van der Waals surface area contributed by atoms with Crippen molar-refractivity contribution in [1.29, 1.82) is 0 Å². The highest BCUT2D eigenvalue weighted by atomic mass is 16.1. The highest BCUT2D eigenvalue weighted by Gasteiger charge is 2.18. The highest BCUT2D eigenvalue weighted by Crippen LogP contribution is 2.39. The fraction of sp³-hybridized carbons (Fsp3) is 0. The predicted molar refractivity (Wildman–Crippen MR) is 113 cm³/mol. The van der Waals surface area contributed by atoms with Crippen LogP contribution in [-0.2, 0) is 9.59 Å². The summed E-state index contributed by atoms with van der Waals surface area (Å²) >= 11 is 0. The van der Waals surface area contributed by atoms with Crippen LogP contribution in [0.4, 0.5) is 0 Å². The van der Waals surface area contributed by atoms with Crippen LogP contribution < -0.4 is 0 Å². The lowest BCUT2D eigenvalue weighted by molar-refractivity contribution is -0.111. The molecule has 2 aliphatic rings. The smallest absolute Gasteiger partial charge is 0.178 e. The molecule has 2 aromatic carbocycles. The molecular formula is C26H18O2. The van der Waals surface area contributed by atoms with Gasteiger partial charge in [0.15, 0.2) is 11.6 Å². The number of carbonyl (C=O) groups is 2. The molecule has 28 heavy (non-hydrogen) atoms. The van der Waals surface area contributed by atoms with Gasteiger partial charge >= 0.3 is 0 Å². The molecule has 0 fully saturated rings. The maximum Gasteiger partial charge on any atom is 0.178 e. The number of carbonyl (C=O) groups excluding carboxylic acids is 2. The van der Waals surface area contributed by atoms with E-state index < -0.39 is 0 Å². The normalized spacial score (nSPS) is 15.3. The van der Waals surface area contributed by atoms with Crippen molar-refractivity contribution in [3.05, 3.63) is 132 Å². The molecule has 0 saturated heterocycles. The number of rotatable bonds is 3. The first kappa shape index (κ1) is 17.6. The first-order valence-corrected chi connectivity index (χ1v) is 9.12. The molecule has 0 bridgehead atoms. The van der Waals surface area contributed by atoms with E-state index in [2.05, 4.69) is 24.3 Å². The fourth-order valence-electron chi connectivity index (χ4n) is 3.36. The average molecular weight is 362 g/mol. The Bertz CT molecular complexity index is 978. The molecule has 0 N–H and O–H groups in total. The van der Waals surface area contributed by atoms with Gasteiger partial charge in [0.25, 0.3) is 0 Å². The van der Waals surface area contributed by atoms with Gasteiger partial charge in [-0.05, 0) is 57.7 Å². The van der Waals surface area contributed by atoms with E-state index in [4.69, 9.17) is 0 Å². The third-order valence-corrected chi connectivity index (χ3v) is 4.66. The molecule has 0 aromatic heterocycles. The van der Waals surface area contributed by atoms with Gasteiger partial charge in [-0.1, -0.05) is 85.0 Å². The highest BCUT2D eigenvalue weighted by molar-refractivity contribution is 6.13. The molecule has 134 valence electrons. The summed E-state index contributed by atoms with van der Waals surface area (Å²) in [6.07, 6.45) is 13.8. The van der Waals surface area contributed by atoms with Crippen molar-refractivity contribution >= 4 is 22.7 Å². The maximum absolute atomic E-state index is 11.7. The lowest BCUT2D eigenvalue weighted by Crippen LogP contribution is -2.02. The van der Waals surface area contributed by atoms with Gasteiger partial charge in [-0.15, -0.1) is 0 Å². The molecule has 2 heteroatoms. The minimum atomic E-state index is -0.0202. The van der Waals surface area contributed by atoms with Crippen molar-refractivity contribution in [1.82, 2.24) is 0 Å². The lowest BCUT2D eigenvalue weighted by atomic mass is 9.83. The van der Waals surface area contributed by atoms with Crippen LogP contribution in [0.2, 0.25) is 0 Å². The first-order chi connectivity index (χ1) is 13.7. The number of hydrogen-bond donors (Lipinski definition) is 0. The predicted octanol–water partition coefficient (Wildman–Crippen LogP) is 5.28. The van der Waals surface area contributed by atoms with Crippen LogP contribution in [0.5, 0.6) is 0 Å². The van der Waals surface area contributed by atoms with Crippen LogP contribution in [0.25, 0.3) is 11.1 Å². The van der Waals surface area contributed by atoms with E-state index in [-0.39, 0.29) is 11.6 Å². The molecule has 0 radical (unpaired) electrons. The lowest BCUT2D eigenvalue weighted by Gasteiger charge is -2.20. The topological polar surface area (TPSA) is 34.1 Å². The number of hydrogen-bond acceptors (Lipinski definition) is 2. The van der Waals surface area contributed by atoms with E-state index in [1.54, 1.807) is 24.3 Å². The molecule has 0 saturated carbocycles. The van der Waals surface area contributed by atoms with Gasteiger partial charge in [0.2, 0.25) is 0 Å². The molecule has 0 spiro atoms. The molecule has 4 rings (SSSR count). The van der Waals surface area contributed by atoms with Crippen LogP contribution in [0, 0.1) is 0 Å². The Morgan fingerprint density at radius 1 is 0.429 bits per heavy atom. The summed E-state index contributed by atoms with van der Waals surface area (Å²) in [5.41, 5.74) is 6.04. The summed E-state index contributed by atoms with van der Waals surface area (Å²) in [5.74, 6) is -0.0405. The largest absolute Gasteiger partial charge is 0.290 e. The summed E-state index contributed by atoms with van der Waals surface area (Å²) in [6.45, 7) is 0. The Kier molecular flexibility index (Phi) is 4.94. The second-order valence-electron chi connectivity index (χ2n) is 6.53. The van der Waals surface area contributed by atoms with E-state index in [1.807, 2.05) is 60.7 Å². The fourth-order valence-corrected chi connectivity index (χ4v) is 3.36. The second-order valence-corrected chi connectivity index (χ2v) is 6.53. The van der Waals surface area contributed by atoms with Crippen molar-refractivity contribution in [3.8, 4) is 0 Å². The Hall–Kier alpha value is -3.78. The van der Waals surface area contributed by atoms with Gasteiger partial charge in [-0.3, -0.25) is 9.59 Å².